The molecule has 0 aliphatic heterocycles. The van der Waals surface area contributed by atoms with Crippen molar-refractivity contribution in [3.63, 3.8) is 0 Å². The van der Waals surface area contributed by atoms with E-state index in [9.17, 15) is 0 Å². The quantitative estimate of drug-likeness (QED) is 0.552. The van der Waals surface area contributed by atoms with Crippen molar-refractivity contribution in [1.29, 1.82) is 0 Å². The van der Waals surface area contributed by atoms with Crippen LogP contribution in [-0.4, -0.2) is 4.98 Å². The maximum Gasteiger partial charge on any atom is 0.134 e. The van der Waals surface area contributed by atoms with E-state index in [4.69, 9.17) is 23.2 Å². The molecule has 1 radical (unpaired) electrons. The second-order valence-electron chi connectivity index (χ2n) is 2.01. The van der Waals surface area contributed by atoms with Crippen LogP contribution in [0.1, 0.15) is 11.3 Å². The van der Waals surface area contributed by atoms with E-state index in [-0.39, 0.29) is 0 Å². The summed E-state index contributed by atoms with van der Waals surface area (Å²) in [7, 11) is 0. The summed E-state index contributed by atoms with van der Waals surface area (Å²) in [5.74, 6) is 0. The van der Waals surface area contributed by atoms with Gasteiger partial charge in [-0.05, 0) is 19.9 Å². The van der Waals surface area contributed by atoms with Crippen LogP contribution in [0.25, 0.3) is 0 Å². The third-order valence-corrected chi connectivity index (χ3v) is 1.80. The number of pyridine rings is 1. The van der Waals surface area contributed by atoms with E-state index in [2.05, 4.69) is 11.9 Å². The van der Waals surface area contributed by atoms with Crippen molar-refractivity contribution in [3.05, 3.63) is 34.4 Å². The number of hydrogen-bond acceptors (Lipinski definition) is 1. The fraction of sp³-hybridized carbons (Fsp3) is 0.143. The molecular formula is C7H6Cl2N. The molecule has 0 atom stereocenters. The van der Waals surface area contributed by atoms with Crippen LogP contribution < -0.4 is 0 Å². The smallest absolute Gasteiger partial charge is 0.134 e. The zero-order valence-corrected chi connectivity index (χ0v) is 7.00. The highest BCUT2D eigenvalue weighted by molar-refractivity contribution is 6.35. The number of halogens is 2. The first-order chi connectivity index (χ1) is 4.61. The highest BCUT2D eigenvalue weighted by Crippen LogP contribution is 2.21. The lowest BCUT2D eigenvalue weighted by atomic mass is 10.3. The van der Waals surface area contributed by atoms with Crippen molar-refractivity contribution >= 4 is 23.2 Å². The van der Waals surface area contributed by atoms with Gasteiger partial charge in [-0.3, -0.25) is 0 Å². The number of hydrogen-bond donors (Lipinski definition) is 0. The molecule has 0 spiro atoms. The van der Waals surface area contributed by atoms with Crippen LogP contribution in [0.4, 0.5) is 0 Å². The van der Waals surface area contributed by atoms with Crippen molar-refractivity contribution in [2.24, 2.45) is 0 Å². The minimum absolute atomic E-state index is 0.380. The van der Waals surface area contributed by atoms with Gasteiger partial charge in [-0.15, -0.1) is 0 Å². The highest BCUT2D eigenvalue weighted by Gasteiger charge is 2.01. The summed E-state index contributed by atoms with van der Waals surface area (Å²) in [6, 6.07) is 1.73. The largest absolute Gasteiger partial charge is 0.241 e. The molecule has 0 saturated carbocycles. The Kier molecular flexibility index (Phi) is 2.17. The Hall–Kier alpha value is -0.270. The summed E-state index contributed by atoms with van der Waals surface area (Å²) >= 11 is 11.4. The summed E-state index contributed by atoms with van der Waals surface area (Å²) < 4.78 is 0. The first kappa shape index (κ1) is 7.83. The van der Waals surface area contributed by atoms with Gasteiger partial charge >= 0.3 is 0 Å². The van der Waals surface area contributed by atoms with Crippen molar-refractivity contribution in [3.8, 4) is 0 Å². The van der Waals surface area contributed by atoms with Gasteiger partial charge in [0.2, 0.25) is 0 Å². The Balaban J connectivity index is 3.31. The molecule has 0 amide bonds. The molecule has 0 N–H and O–H groups in total. The van der Waals surface area contributed by atoms with Gasteiger partial charge in [0, 0.05) is 16.3 Å². The lowest BCUT2D eigenvalue weighted by Crippen LogP contribution is -1.85. The van der Waals surface area contributed by atoms with Crippen LogP contribution in [0.3, 0.4) is 0 Å². The van der Waals surface area contributed by atoms with Crippen LogP contribution in [0, 0.1) is 13.8 Å². The lowest BCUT2D eigenvalue weighted by Gasteiger charge is -1.99. The SMILES string of the molecule is [CH2]c1c(Cl)cc(C)nc1Cl. The molecule has 3 heteroatoms. The number of rotatable bonds is 0. The molecule has 10 heavy (non-hydrogen) atoms. The van der Waals surface area contributed by atoms with Gasteiger partial charge in [-0.25, -0.2) is 4.98 Å². The first-order valence-electron chi connectivity index (χ1n) is 2.76. The van der Waals surface area contributed by atoms with E-state index in [0.29, 0.717) is 15.7 Å². The maximum atomic E-state index is 5.73. The summed E-state index contributed by atoms with van der Waals surface area (Å²) in [4.78, 5) is 3.95. The lowest BCUT2D eigenvalue weighted by molar-refractivity contribution is 1.19. The van der Waals surface area contributed by atoms with Crippen molar-refractivity contribution < 1.29 is 0 Å². The zero-order chi connectivity index (χ0) is 7.72. The van der Waals surface area contributed by atoms with E-state index in [1.54, 1.807) is 6.07 Å². The molecule has 1 heterocycles. The number of aryl methyl sites for hydroxylation is 1. The molecule has 0 unspecified atom stereocenters. The molecule has 0 bridgehead atoms. The van der Waals surface area contributed by atoms with Crippen LogP contribution in [0.2, 0.25) is 10.2 Å². The Labute approximate surface area is 70.0 Å². The van der Waals surface area contributed by atoms with Crippen LogP contribution in [0.5, 0.6) is 0 Å². The van der Waals surface area contributed by atoms with Crippen LogP contribution in [-0.2, 0) is 0 Å². The second-order valence-corrected chi connectivity index (χ2v) is 2.78. The molecule has 1 aromatic heterocycles. The third-order valence-electron chi connectivity index (χ3n) is 1.15. The predicted molar refractivity (Wildman–Crippen MR) is 43.5 cm³/mol. The first-order valence-corrected chi connectivity index (χ1v) is 3.51. The molecule has 1 nitrogen and oxygen atoms in total. The second kappa shape index (κ2) is 2.77. The monoisotopic (exact) mass is 174 g/mol. The van der Waals surface area contributed by atoms with E-state index in [0.717, 1.165) is 5.69 Å². The molecule has 53 valence electrons. The van der Waals surface area contributed by atoms with Gasteiger partial charge in [0.15, 0.2) is 0 Å². The highest BCUT2D eigenvalue weighted by atomic mass is 35.5. The summed E-state index contributed by atoms with van der Waals surface area (Å²) in [5, 5.41) is 0.947. The van der Waals surface area contributed by atoms with Crippen LogP contribution in [0.15, 0.2) is 6.07 Å². The van der Waals surface area contributed by atoms with Gasteiger partial charge in [0.1, 0.15) is 5.15 Å². The van der Waals surface area contributed by atoms with Crippen LogP contribution >= 0.6 is 23.2 Å². The van der Waals surface area contributed by atoms with Gasteiger partial charge in [-0.2, -0.15) is 0 Å². The van der Waals surface area contributed by atoms with Crippen molar-refractivity contribution in [2.75, 3.05) is 0 Å². The van der Waals surface area contributed by atoms with Gasteiger partial charge in [0.25, 0.3) is 0 Å². The fourth-order valence-electron chi connectivity index (χ4n) is 0.624. The molecule has 0 aliphatic carbocycles. The molecule has 0 aliphatic rings. The molecule has 0 fully saturated rings. The van der Waals surface area contributed by atoms with Gasteiger partial charge < -0.3 is 0 Å². The van der Waals surface area contributed by atoms with E-state index in [1.807, 2.05) is 6.92 Å². The van der Waals surface area contributed by atoms with Crippen molar-refractivity contribution in [1.82, 2.24) is 4.98 Å². The Morgan fingerprint density at radius 3 is 2.60 bits per heavy atom. The maximum absolute atomic E-state index is 5.73. The van der Waals surface area contributed by atoms with Gasteiger partial charge in [-0.1, -0.05) is 23.2 Å². The standard InChI is InChI=1S/C7H6Cl2N/c1-4-3-6(8)5(2)7(9)10-4/h3H,2H2,1H3. The number of aromatic nitrogens is 1. The van der Waals surface area contributed by atoms with Crippen molar-refractivity contribution in [2.45, 2.75) is 6.92 Å². The average molecular weight is 175 g/mol. The van der Waals surface area contributed by atoms with Gasteiger partial charge in [0.05, 0.1) is 0 Å². The minimum atomic E-state index is 0.380. The minimum Gasteiger partial charge on any atom is -0.241 e. The zero-order valence-electron chi connectivity index (χ0n) is 5.49. The summed E-state index contributed by atoms with van der Waals surface area (Å²) in [6.45, 7) is 5.46. The molecular weight excluding hydrogens is 169 g/mol. The number of nitrogens with zero attached hydrogens (tertiary/aromatic N) is 1. The predicted octanol–water partition coefficient (Wildman–Crippen LogP) is 2.88. The molecule has 1 aromatic rings. The molecule has 1 rings (SSSR count). The average Bonchev–Trinajstić information content (AvgIpc) is 1.82. The Morgan fingerprint density at radius 2 is 2.10 bits per heavy atom. The summed E-state index contributed by atoms with van der Waals surface area (Å²) in [6.07, 6.45) is 0. The Bertz CT molecular complexity index is 235. The Morgan fingerprint density at radius 1 is 1.50 bits per heavy atom. The third kappa shape index (κ3) is 1.41. The van der Waals surface area contributed by atoms with E-state index >= 15 is 0 Å². The fourth-order valence-corrected chi connectivity index (χ4v) is 1.15. The summed E-state index contributed by atoms with van der Waals surface area (Å²) in [5.41, 5.74) is 1.40. The normalized spacial score (nSPS) is 10.0. The molecule has 0 aromatic carbocycles. The van der Waals surface area contributed by atoms with E-state index in [1.165, 1.54) is 0 Å². The molecule has 0 saturated heterocycles. The topological polar surface area (TPSA) is 12.9 Å². The van der Waals surface area contributed by atoms with E-state index < -0.39 is 0 Å².